The second-order valence-electron chi connectivity index (χ2n) is 7.93. The van der Waals surface area contributed by atoms with E-state index in [1.54, 1.807) is 4.90 Å². The monoisotopic (exact) mass is 389 g/mol. The minimum atomic E-state index is -0.0512. The van der Waals surface area contributed by atoms with Gasteiger partial charge in [-0.25, -0.2) is 4.79 Å². The molecule has 3 amide bonds. The fourth-order valence-corrected chi connectivity index (χ4v) is 3.78. The smallest absolute Gasteiger partial charge is 0.318 e. The fraction of sp³-hybridized carbons (Fsp3) is 0.619. The van der Waals surface area contributed by atoms with E-state index in [4.69, 9.17) is 9.47 Å². The molecule has 1 aromatic rings. The van der Waals surface area contributed by atoms with E-state index in [2.05, 4.69) is 19.2 Å². The van der Waals surface area contributed by atoms with Crippen LogP contribution in [0.15, 0.2) is 30.3 Å². The van der Waals surface area contributed by atoms with Crippen LogP contribution in [-0.2, 0) is 9.53 Å². The molecule has 0 radical (unpaired) electrons. The van der Waals surface area contributed by atoms with Crippen molar-refractivity contribution in [3.8, 4) is 5.75 Å². The van der Waals surface area contributed by atoms with Crippen LogP contribution in [0.4, 0.5) is 4.79 Å². The van der Waals surface area contributed by atoms with Crippen molar-refractivity contribution in [1.29, 1.82) is 0 Å². The van der Waals surface area contributed by atoms with Gasteiger partial charge in [0.25, 0.3) is 5.91 Å². The second kappa shape index (κ2) is 9.78. The SMILES string of the molecule is CC(C)C[C@H]1COCCN1C(=O)NC1CCN(C(=O)COc2ccccc2)C1. The molecule has 0 bridgehead atoms. The molecular weight excluding hydrogens is 358 g/mol. The van der Waals surface area contributed by atoms with E-state index < -0.39 is 0 Å². The first kappa shape index (κ1) is 20.5. The predicted octanol–water partition coefficient (Wildman–Crippen LogP) is 2.12. The molecule has 2 atom stereocenters. The van der Waals surface area contributed by atoms with E-state index >= 15 is 0 Å². The van der Waals surface area contributed by atoms with Gasteiger partial charge in [-0.3, -0.25) is 4.79 Å². The van der Waals surface area contributed by atoms with E-state index in [0.717, 1.165) is 12.8 Å². The number of benzene rings is 1. The number of amides is 3. The average Bonchev–Trinajstić information content (AvgIpc) is 3.15. The van der Waals surface area contributed by atoms with E-state index in [1.165, 1.54) is 0 Å². The summed E-state index contributed by atoms with van der Waals surface area (Å²) in [6.07, 6.45) is 1.70. The van der Waals surface area contributed by atoms with E-state index in [0.29, 0.717) is 44.5 Å². The first-order chi connectivity index (χ1) is 13.5. The number of likely N-dealkylation sites (tertiary alicyclic amines) is 1. The molecule has 7 nitrogen and oxygen atoms in total. The zero-order valence-corrected chi connectivity index (χ0v) is 16.8. The van der Waals surface area contributed by atoms with Crippen molar-refractivity contribution in [1.82, 2.24) is 15.1 Å². The average molecular weight is 389 g/mol. The Bertz CT molecular complexity index is 652. The first-order valence-corrected chi connectivity index (χ1v) is 10.1. The minimum Gasteiger partial charge on any atom is -0.484 e. The third-order valence-corrected chi connectivity index (χ3v) is 5.21. The summed E-state index contributed by atoms with van der Waals surface area (Å²) in [6.45, 7) is 7.29. The van der Waals surface area contributed by atoms with Gasteiger partial charge in [0.1, 0.15) is 5.75 Å². The number of hydrogen-bond acceptors (Lipinski definition) is 4. The van der Waals surface area contributed by atoms with Gasteiger partial charge in [-0.15, -0.1) is 0 Å². The van der Waals surface area contributed by atoms with Crippen molar-refractivity contribution in [2.75, 3.05) is 39.5 Å². The topological polar surface area (TPSA) is 71.1 Å². The molecule has 154 valence electrons. The molecule has 2 fully saturated rings. The number of carbonyl (C=O) groups excluding carboxylic acids is 2. The Balaban J connectivity index is 1.45. The second-order valence-corrected chi connectivity index (χ2v) is 7.93. The Morgan fingerprint density at radius 3 is 2.79 bits per heavy atom. The molecule has 1 aromatic carbocycles. The van der Waals surface area contributed by atoms with Crippen LogP contribution in [-0.4, -0.2) is 73.3 Å². The Hall–Kier alpha value is -2.28. The largest absolute Gasteiger partial charge is 0.484 e. The molecule has 28 heavy (non-hydrogen) atoms. The molecule has 0 aromatic heterocycles. The summed E-state index contributed by atoms with van der Waals surface area (Å²) in [5, 5.41) is 3.11. The zero-order chi connectivity index (χ0) is 19.9. The number of urea groups is 1. The Morgan fingerprint density at radius 2 is 2.04 bits per heavy atom. The molecule has 2 aliphatic heterocycles. The van der Waals surface area contributed by atoms with Gasteiger partial charge >= 0.3 is 6.03 Å². The lowest BCUT2D eigenvalue weighted by molar-refractivity contribution is -0.132. The Morgan fingerprint density at radius 1 is 1.25 bits per heavy atom. The summed E-state index contributed by atoms with van der Waals surface area (Å²) in [4.78, 5) is 28.8. The van der Waals surface area contributed by atoms with Gasteiger partial charge < -0.3 is 24.6 Å². The van der Waals surface area contributed by atoms with Crippen LogP contribution in [0.3, 0.4) is 0 Å². The maximum atomic E-state index is 12.8. The normalized spacial score (nSPS) is 22.4. The van der Waals surface area contributed by atoms with E-state index in [1.807, 2.05) is 35.2 Å². The van der Waals surface area contributed by atoms with Gasteiger partial charge in [0.05, 0.1) is 19.3 Å². The number of nitrogens with zero attached hydrogens (tertiary/aromatic N) is 2. The lowest BCUT2D eigenvalue weighted by Crippen LogP contribution is -2.55. The Labute approximate surface area is 167 Å². The summed E-state index contributed by atoms with van der Waals surface area (Å²) in [5.41, 5.74) is 0. The Kier molecular flexibility index (Phi) is 7.14. The molecule has 2 heterocycles. The number of rotatable bonds is 6. The molecular formula is C21H31N3O4. The van der Waals surface area contributed by atoms with Crippen molar-refractivity contribution in [3.63, 3.8) is 0 Å². The van der Waals surface area contributed by atoms with Crippen LogP contribution in [0.25, 0.3) is 0 Å². The van der Waals surface area contributed by atoms with Crippen molar-refractivity contribution in [3.05, 3.63) is 30.3 Å². The molecule has 3 rings (SSSR count). The number of morpholine rings is 1. The summed E-state index contributed by atoms with van der Waals surface area (Å²) in [6, 6.07) is 9.37. The highest BCUT2D eigenvalue weighted by Crippen LogP contribution is 2.17. The highest BCUT2D eigenvalue weighted by Gasteiger charge is 2.32. The van der Waals surface area contributed by atoms with Crippen LogP contribution in [0.2, 0.25) is 0 Å². The standard InChI is InChI=1S/C21H31N3O4/c1-16(2)12-18-14-27-11-10-24(18)21(26)22-17-8-9-23(13-17)20(25)15-28-19-6-4-3-5-7-19/h3-7,16-18H,8-15H2,1-2H3,(H,22,26)/t17?,18-/m0/s1. The van der Waals surface area contributed by atoms with Gasteiger partial charge in [0.15, 0.2) is 6.61 Å². The molecule has 0 aliphatic carbocycles. The van der Waals surface area contributed by atoms with Crippen molar-refractivity contribution in [2.45, 2.75) is 38.8 Å². The van der Waals surface area contributed by atoms with Gasteiger partial charge in [0.2, 0.25) is 0 Å². The van der Waals surface area contributed by atoms with Gasteiger partial charge in [-0.1, -0.05) is 32.0 Å². The highest BCUT2D eigenvalue weighted by molar-refractivity contribution is 5.79. The van der Waals surface area contributed by atoms with Crippen molar-refractivity contribution < 1.29 is 19.1 Å². The van der Waals surface area contributed by atoms with E-state index in [9.17, 15) is 9.59 Å². The summed E-state index contributed by atoms with van der Waals surface area (Å²) in [7, 11) is 0. The maximum Gasteiger partial charge on any atom is 0.318 e. The third-order valence-electron chi connectivity index (χ3n) is 5.21. The number of carbonyl (C=O) groups is 2. The number of hydrogen-bond donors (Lipinski definition) is 1. The molecule has 0 saturated carbocycles. The number of nitrogens with one attached hydrogen (secondary N) is 1. The van der Waals surface area contributed by atoms with Crippen molar-refractivity contribution in [2.24, 2.45) is 5.92 Å². The van der Waals surface area contributed by atoms with Crippen LogP contribution >= 0.6 is 0 Å². The highest BCUT2D eigenvalue weighted by atomic mass is 16.5. The van der Waals surface area contributed by atoms with Crippen molar-refractivity contribution >= 4 is 11.9 Å². The molecule has 1 N–H and O–H groups in total. The number of ether oxygens (including phenoxy) is 2. The summed E-state index contributed by atoms with van der Waals surface area (Å²) >= 11 is 0. The lowest BCUT2D eigenvalue weighted by Gasteiger charge is -2.37. The van der Waals surface area contributed by atoms with E-state index in [-0.39, 0.29) is 30.6 Å². The summed E-state index contributed by atoms with van der Waals surface area (Å²) in [5.74, 6) is 1.14. The van der Waals surface area contributed by atoms with Crippen LogP contribution < -0.4 is 10.1 Å². The molecule has 2 aliphatic rings. The van der Waals surface area contributed by atoms with Gasteiger partial charge in [-0.2, -0.15) is 0 Å². The van der Waals surface area contributed by atoms with Gasteiger partial charge in [-0.05, 0) is 30.9 Å². The molecule has 2 saturated heterocycles. The quantitative estimate of drug-likeness (QED) is 0.809. The third kappa shape index (κ3) is 5.61. The maximum absolute atomic E-state index is 12.8. The molecule has 7 heteroatoms. The molecule has 1 unspecified atom stereocenters. The lowest BCUT2D eigenvalue weighted by atomic mass is 10.0. The van der Waals surface area contributed by atoms with Crippen LogP contribution in [0.5, 0.6) is 5.75 Å². The molecule has 0 spiro atoms. The van der Waals surface area contributed by atoms with Gasteiger partial charge in [0, 0.05) is 25.7 Å². The predicted molar refractivity (Wildman–Crippen MR) is 106 cm³/mol. The zero-order valence-electron chi connectivity index (χ0n) is 16.8. The summed E-state index contributed by atoms with van der Waals surface area (Å²) < 4.78 is 11.1. The number of para-hydroxylation sites is 1. The fourth-order valence-electron chi connectivity index (χ4n) is 3.78. The van der Waals surface area contributed by atoms with Crippen LogP contribution in [0.1, 0.15) is 26.7 Å². The first-order valence-electron chi connectivity index (χ1n) is 10.1. The van der Waals surface area contributed by atoms with Crippen LogP contribution in [0, 0.1) is 5.92 Å². The minimum absolute atomic E-state index is 0.0179.